The number of hydrogen-bond acceptors (Lipinski definition) is 2. The van der Waals surface area contributed by atoms with Crippen LogP contribution in [-0.2, 0) is 6.42 Å². The van der Waals surface area contributed by atoms with E-state index in [4.69, 9.17) is 0 Å². The van der Waals surface area contributed by atoms with Crippen LogP contribution >= 0.6 is 15.9 Å². The Balaban J connectivity index is 1.96. The highest BCUT2D eigenvalue weighted by atomic mass is 79.9. The Morgan fingerprint density at radius 2 is 2.11 bits per heavy atom. The minimum atomic E-state index is 0.00810. The zero-order chi connectivity index (χ0) is 12.5. The molecule has 0 N–H and O–H groups in total. The van der Waals surface area contributed by atoms with Gasteiger partial charge in [-0.25, -0.2) is 0 Å². The molecule has 3 nitrogen and oxygen atoms in total. The van der Waals surface area contributed by atoms with Crippen LogP contribution in [0, 0.1) is 0 Å². The number of pyridine rings is 1. The summed E-state index contributed by atoms with van der Waals surface area (Å²) >= 11 is 3.34. The number of amides is 1. The normalized spacial score (nSPS) is 13.5. The van der Waals surface area contributed by atoms with E-state index in [1.54, 1.807) is 18.5 Å². The fourth-order valence-corrected chi connectivity index (χ4v) is 2.60. The number of hydrogen-bond donors (Lipinski definition) is 0. The first-order chi connectivity index (χ1) is 8.75. The van der Waals surface area contributed by atoms with Crippen molar-refractivity contribution in [1.29, 1.82) is 0 Å². The first-order valence-corrected chi connectivity index (χ1v) is 6.55. The number of anilines is 1. The summed E-state index contributed by atoms with van der Waals surface area (Å²) < 4.78 is 0.820. The molecule has 2 heterocycles. The summed E-state index contributed by atoms with van der Waals surface area (Å²) in [6, 6.07) is 9.83. The number of halogens is 1. The van der Waals surface area contributed by atoms with Crippen molar-refractivity contribution in [2.45, 2.75) is 6.42 Å². The molecule has 1 aliphatic rings. The number of para-hydroxylation sites is 1. The summed E-state index contributed by atoms with van der Waals surface area (Å²) in [5.74, 6) is 0.00810. The Morgan fingerprint density at radius 3 is 2.94 bits per heavy atom. The summed E-state index contributed by atoms with van der Waals surface area (Å²) in [5.41, 5.74) is 2.86. The molecule has 1 aromatic heterocycles. The van der Waals surface area contributed by atoms with E-state index in [2.05, 4.69) is 27.0 Å². The second-order valence-electron chi connectivity index (χ2n) is 4.23. The molecule has 0 unspecified atom stereocenters. The smallest absolute Gasteiger partial charge is 0.259 e. The van der Waals surface area contributed by atoms with Gasteiger partial charge in [0.1, 0.15) is 0 Å². The lowest BCUT2D eigenvalue weighted by Crippen LogP contribution is -2.28. The largest absolute Gasteiger partial charge is 0.308 e. The Kier molecular flexibility index (Phi) is 2.88. The van der Waals surface area contributed by atoms with Crippen LogP contribution in [-0.4, -0.2) is 17.4 Å². The van der Waals surface area contributed by atoms with Gasteiger partial charge in [-0.3, -0.25) is 9.78 Å². The maximum Gasteiger partial charge on any atom is 0.259 e. The third kappa shape index (κ3) is 1.93. The number of fused-ring (bicyclic) bond motifs is 1. The van der Waals surface area contributed by atoms with E-state index >= 15 is 0 Å². The van der Waals surface area contributed by atoms with Crippen molar-refractivity contribution in [3.05, 3.63) is 58.3 Å². The molecule has 18 heavy (non-hydrogen) atoms. The molecule has 3 rings (SSSR count). The average molecular weight is 303 g/mol. The van der Waals surface area contributed by atoms with Crippen LogP contribution < -0.4 is 4.90 Å². The number of benzene rings is 1. The van der Waals surface area contributed by atoms with E-state index < -0.39 is 0 Å². The standard InChI is InChI=1S/C14H11BrN2O/c15-12-7-11(8-16-9-12)14(18)17-6-5-10-3-1-2-4-13(10)17/h1-4,7-9H,5-6H2. The molecule has 1 amide bonds. The van der Waals surface area contributed by atoms with Crippen LogP contribution in [0.2, 0.25) is 0 Å². The number of rotatable bonds is 1. The average Bonchev–Trinajstić information content (AvgIpc) is 2.82. The third-order valence-electron chi connectivity index (χ3n) is 3.08. The van der Waals surface area contributed by atoms with Crippen molar-refractivity contribution < 1.29 is 4.79 Å². The second kappa shape index (κ2) is 4.53. The van der Waals surface area contributed by atoms with E-state index in [0.717, 1.165) is 23.1 Å². The van der Waals surface area contributed by atoms with Crippen molar-refractivity contribution in [3.63, 3.8) is 0 Å². The van der Waals surface area contributed by atoms with Gasteiger partial charge in [-0.15, -0.1) is 0 Å². The molecular weight excluding hydrogens is 292 g/mol. The van der Waals surface area contributed by atoms with Gasteiger partial charge in [0.25, 0.3) is 5.91 Å². The van der Waals surface area contributed by atoms with Gasteiger partial charge in [-0.05, 0) is 40.0 Å². The SMILES string of the molecule is O=C(c1cncc(Br)c1)N1CCc2ccccc21. The lowest BCUT2D eigenvalue weighted by Gasteiger charge is -2.17. The van der Waals surface area contributed by atoms with Gasteiger partial charge < -0.3 is 4.90 Å². The molecule has 0 bridgehead atoms. The fourth-order valence-electron chi connectivity index (χ4n) is 2.23. The van der Waals surface area contributed by atoms with Crippen molar-refractivity contribution in [1.82, 2.24) is 4.98 Å². The summed E-state index contributed by atoms with van der Waals surface area (Å²) in [6.45, 7) is 0.741. The van der Waals surface area contributed by atoms with Crippen LogP contribution in [0.4, 0.5) is 5.69 Å². The van der Waals surface area contributed by atoms with Gasteiger partial charge in [0.05, 0.1) is 5.56 Å². The Labute approximate surface area is 114 Å². The third-order valence-corrected chi connectivity index (χ3v) is 3.52. The second-order valence-corrected chi connectivity index (χ2v) is 5.14. The lowest BCUT2D eigenvalue weighted by atomic mass is 10.2. The molecule has 1 aliphatic heterocycles. The molecule has 90 valence electrons. The van der Waals surface area contributed by atoms with Gasteiger partial charge in [0.2, 0.25) is 0 Å². The van der Waals surface area contributed by atoms with E-state index in [1.807, 2.05) is 23.1 Å². The Hall–Kier alpha value is -1.68. The molecule has 1 aromatic carbocycles. The highest BCUT2D eigenvalue weighted by Crippen LogP contribution is 2.28. The molecule has 0 saturated carbocycles. The minimum absolute atomic E-state index is 0.00810. The number of aromatic nitrogens is 1. The number of carbonyl (C=O) groups excluding carboxylic acids is 1. The first-order valence-electron chi connectivity index (χ1n) is 5.76. The van der Waals surface area contributed by atoms with Crippen molar-refractivity contribution in [2.24, 2.45) is 0 Å². The van der Waals surface area contributed by atoms with Crippen molar-refractivity contribution >= 4 is 27.5 Å². The van der Waals surface area contributed by atoms with Gasteiger partial charge in [0.15, 0.2) is 0 Å². The predicted molar refractivity (Wildman–Crippen MR) is 73.8 cm³/mol. The topological polar surface area (TPSA) is 33.2 Å². The Bertz CT molecular complexity index is 612. The highest BCUT2D eigenvalue weighted by molar-refractivity contribution is 9.10. The summed E-state index contributed by atoms with van der Waals surface area (Å²) in [4.78, 5) is 18.3. The summed E-state index contributed by atoms with van der Waals surface area (Å²) in [7, 11) is 0. The monoisotopic (exact) mass is 302 g/mol. The first kappa shape index (κ1) is 11.4. The van der Waals surface area contributed by atoms with E-state index in [-0.39, 0.29) is 5.91 Å². The van der Waals surface area contributed by atoms with Crippen molar-refractivity contribution in [3.8, 4) is 0 Å². The zero-order valence-corrected chi connectivity index (χ0v) is 11.2. The quantitative estimate of drug-likeness (QED) is 0.811. The van der Waals surface area contributed by atoms with E-state index in [0.29, 0.717) is 5.56 Å². The fraction of sp³-hybridized carbons (Fsp3) is 0.143. The van der Waals surface area contributed by atoms with Gasteiger partial charge in [-0.2, -0.15) is 0 Å². The van der Waals surface area contributed by atoms with Crippen molar-refractivity contribution in [2.75, 3.05) is 11.4 Å². The van der Waals surface area contributed by atoms with Crippen LogP contribution in [0.15, 0.2) is 47.2 Å². The predicted octanol–water partition coefficient (Wildman–Crippen LogP) is 3.05. The summed E-state index contributed by atoms with van der Waals surface area (Å²) in [5, 5.41) is 0. The molecule has 0 radical (unpaired) electrons. The number of carbonyl (C=O) groups is 1. The van der Waals surface area contributed by atoms with Gasteiger partial charge in [0, 0.05) is 29.1 Å². The zero-order valence-electron chi connectivity index (χ0n) is 9.64. The maximum absolute atomic E-state index is 12.4. The highest BCUT2D eigenvalue weighted by Gasteiger charge is 2.25. The van der Waals surface area contributed by atoms with E-state index in [9.17, 15) is 4.79 Å². The van der Waals surface area contributed by atoms with Gasteiger partial charge in [-0.1, -0.05) is 18.2 Å². The van der Waals surface area contributed by atoms with Crippen LogP contribution in [0.5, 0.6) is 0 Å². The molecule has 0 spiro atoms. The van der Waals surface area contributed by atoms with Crippen LogP contribution in [0.25, 0.3) is 0 Å². The maximum atomic E-state index is 12.4. The summed E-state index contributed by atoms with van der Waals surface area (Å²) in [6.07, 6.45) is 4.20. The number of nitrogens with zero attached hydrogens (tertiary/aromatic N) is 2. The molecule has 0 saturated heterocycles. The molecule has 0 fully saturated rings. The minimum Gasteiger partial charge on any atom is -0.308 e. The lowest BCUT2D eigenvalue weighted by molar-refractivity contribution is 0.0989. The molecular formula is C14H11BrN2O. The molecule has 0 atom stereocenters. The van der Waals surface area contributed by atoms with Crippen LogP contribution in [0.3, 0.4) is 0 Å². The van der Waals surface area contributed by atoms with E-state index in [1.165, 1.54) is 5.56 Å². The Morgan fingerprint density at radius 1 is 1.28 bits per heavy atom. The van der Waals surface area contributed by atoms with Gasteiger partial charge >= 0.3 is 0 Å². The van der Waals surface area contributed by atoms with Crippen LogP contribution in [0.1, 0.15) is 15.9 Å². The molecule has 2 aromatic rings. The molecule has 4 heteroatoms. The molecule has 0 aliphatic carbocycles.